The number of carbonyl (C=O) groups is 1. The number of likely N-dealkylation sites (tertiary alicyclic amines) is 1. The highest BCUT2D eigenvalue weighted by Gasteiger charge is 2.34. The molecule has 6 heteroatoms. The van der Waals surface area contributed by atoms with Gasteiger partial charge in [0.25, 0.3) is 0 Å². The Kier molecular flexibility index (Phi) is 6.08. The second kappa shape index (κ2) is 8.35. The second-order valence-electron chi connectivity index (χ2n) is 8.47. The van der Waals surface area contributed by atoms with E-state index in [9.17, 15) is 4.79 Å². The molecule has 6 nitrogen and oxygen atoms in total. The van der Waals surface area contributed by atoms with Gasteiger partial charge >= 0.3 is 6.09 Å². The van der Waals surface area contributed by atoms with Crippen LogP contribution < -0.4 is 5.73 Å². The Bertz CT molecular complexity index is 809. The Morgan fingerprint density at radius 1 is 1.32 bits per heavy atom. The lowest BCUT2D eigenvalue weighted by Gasteiger charge is -2.39. The van der Waals surface area contributed by atoms with Crippen LogP contribution in [0.1, 0.15) is 58.6 Å². The SMILES string of the molecule is CCn1cc(-c2cccc([C@@H](N)[C@H]3CCCCN3C(=O)OC(C)(C)C)c2)cn1. The number of hydrogen-bond acceptors (Lipinski definition) is 4. The van der Waals surface area contributed by atoms with E-state index < -0.39 is 5.60 Å². The monoisotopic (exact) mass is 384 g/mol. The van der Waals surface area contributed by atoms with Gasteiger partial charge in [0, 0.05) is 24.8 Å². The first kappa shape index (κ1) is 20.4. The van der Waals surface area contributed by atoms with E-state index in [1.54, 1.807) is 0 Å². The summed E-state index contributed by atoms with van der Waals surface area (Å²) < 4.78 is 7.53. The van der Waals surface area contributed by atoms with Crippen molar-refractivity contribution in [2.75, 3.05) is 6.54 Å². The predicted octanol–water partition coefficient (Wildman–Crippen LogP) is 4.36. The van der Waals surface area contributed by atoms with Crippen LogP contribution in [0.15, 0.2) is 36.7 Å². The number of aromatic nitrogens is 2. The van der Waals surface area contributed by atoms with Crippen LogP contribution in [-0.2, 0) is 11.3 Å². The van der Waals surface area contributed by atoms with Gasteiger partial charge in [-0.25, -0.2) is 4.79 Å². The first-order valence-electron chi connectivity index (χ1n) is 10.2. The molecule has 1 amide bonds. The van der Waals surface area contributed by atoms with Crippen molar-refractivity contribution < 1.29 is 9.53 Å². The van der Waals surface area contributed by atoms with Gasteiger partial charge in [0.15, 0.2) is 0 Å². The first-order chi connectivity index (χ1) is 13.3. The molecule has 0 saturated carbocycles. The number of nitrogens with two attached hydrogens (primary N) is 1. The molecular weight excluding hydrogens is 352 g/mol. The van der Waals surface area contributed by atoms with Gasteiger partial charge in [-0.2, -0.15) is 5.10 Å². The molecule has 2 N–H and O–H groups in total. The quantitative estimate of drug-likeness (QED) is 0.850. The lowest BCUT2D eigenvalue weighted by molar-refractivity contribution is 0.00649. The van der Waals surface area contributed by atoms with Crippen molar-refractivity contribution in [1.82, 2.24) is 14.7 Å². The summed E-state index contributed by atoms with van der Waals surface area (Å²) in [6, 6.07) is 7.93. The maximum absolute atomic E-state index is 12.7. The number of piperidine rings is 1. The van der Waals surface area contributed by atoms with E-state index in [2.05, 4.69) is 24.2 Å². The van der Waals surface area contributed by atoms with Gasteiger partial charge in [-0.1, -0.05) is 18.2 Å². The van der Waals surface area contributed by atoms with Crippen LogP contribution in [0.3, 0.4) is 0 Å². The number of nitrogens with zero attached hydrogens (tertiary/aromatic N) is 3. The average molecular weight is 385 g/mol. The first-order valence-corrected chi connectivity index (χ1v) is 10.2. The van der Waals surface area contributed by atoms with Crippen molar-refractivity contribution in [1.29, 1.82) is 0 Å². The van der Waals surface area contributed by atoms with Gasteiger partial charge < -0.3 is 15.4 Å². The summed E-state index contributed by atoms with van der Waals surface area (Å²) >= 11 is 0. The molecule has 152 valence electrons. The molecule has 2 aromatic rings. The molecule has 0 unspecified atom stereocenters. The fraction of sp³-hybridized carbons (Fsp3) is 0.545. The number of carbonyl (C=O) groups excluding carboxylic acids is 1. The zero-order valence-electron chi connectivity index (χ0n) is 17.4. The smallest absolute Gasteiger partial charge is 0.410 e. The number of amides is 1. The molecule has 0 spiro atoms. The molecule has 28 heavy (non-hydrogen) atoms. The van der Waals surface area contributed by atoms with Gasteiger partial charge in [-0.15, -0.1) is 0 Å². The summed E-state index contributed by atoms with van der Waals surface area (Å²) in [6.07, 6.45) is 6.59. The largest absolute Gasteiger partial charge is 0.444 e. The molecule has 1 aromatic carbocycles. The van der Waals surface area contributed by atoms with Crippen molar-refractivity contribution in [2.45, 2.75) is 71.2 Å². The molecule has 1 aliphatic rings. The van der Waals surface area contributed by atoms with Gasteiger partial charge in [0.1, 0.15) is 5.60 Å². The van der Waals surface area contributed by atoms with E-state index in [-0.39, 0.29) is 18.2 Å². The van der Waals surface area contributed by atoms with E-state index >= 15 is 0 Å². The summed E-state index contributed by atoms with van der Waals surface area (Å²) in [7, 11) is 0. The summed E-state index contributed by atoms with van der Waals surface area (Å²) in [4.78, 5) is 14.5. The molecule has 2 atom stereocenters. The molecular formula is C22H32N4O2. The van der Waals surface area contributed by atoms with Crippen LogP contribution in [0, 0.1) is 0 Å². The summed E-state index contributed by atoms with van der Waals surface area (Å²) in [5, 5.41) is 4.36. The zero-order valence-corrected chi connectivity index (χ0v) is 17.4. The standard InChI is InChI=1S/C22H32N4O2/c1-5-25-15-18(14-24-25)16-9-8-10-17(13-16)20(23)19-11-6-7-12-26(19)21(27)28-22(2,3)4/h8-10,13-15,19-20H,5-7,11-12,23H2,1-4H3/t19-,20-/m1/s1. The third-order valence-electron chi connectivity index (χ3n) is 5.15. The predicted molar refractivity (Wildman–Crippen MR) is 111 cm³/mol. The highest BCUT2D eigenvalue weighted by atomic mass is 16.6. The van der Waals surface area contributed by atoms with Gasteiger partial charge in [-0.3, -0.25) is 4.68 Å². The fourth-order valence-electron chi connectivity index (χ4n) is 3.71. The average Bonchev–Trinajstić information content (AvgIpc) is 3.15. The molecule has 0 aliphatic carbocycles. The Balaban J connectivity index is 1.82. The van der Waals surface area contributed by atoms with Crippen LogP contribution in [0.4, 0.5) is 4.79 Å². The Morgan fingerprint density at radius 3 is 2.79 bits per heavy atom. The molecule has 0 radical (unpaired) electrons. The lowest BCUT2D eigenvalue weighted by Crippen LogP contribution is -2.50. The number of aryl methyl sites for hydroxylation is 1. The molecule has 1 saturated heterocycles. The molecule has 1 aliphatic heterocycles. The van der Waals surface area contributed by atoms with Gasteiger partial charge in [0.2, 0.25) is 0 Å². The molecule has 1 aromatic heterocycles. The van der Waals surface area contributed by atoms with Crippen molar-refractivity contribution in [3.63, 3.8) is 0 Å². The third kappa shape index (κ3) is 4.73. The third-order valence-corrected chi connectivity index (χ3v) is 5.15. The second-order valence-corrected chi connectivity index (χ2v) is 8.47. The van der Waals surface area contributed by atoms with Crippen LogP contribution in [-0.4, -0.2) is 39.0 Å². The minimum atomic E-state index is -0.511. The highest BCUT2D eigenvalue weighted by molar-refractivity contribution is 5.69. The number of benzene rings is 1. The van der Waals surface area contributed by atoms with Crippen molar-refractivity contribution in [3.8, 4) is 11.1 Å². The number of rotatable bonds is 4. The molecule has 2 heterocycles. The Hall–Kier alpha value is -2.34. The zero-order chi connectivity index (χ0) is 20.3. The van der Waals surface area contributed by atoms with Gasteiger partial charge in [-0.05, 0) is 64.2 Å². The maximum Gasteiger partial charge on any atom is 0.410 e. The minimum absolute atomic E-state index is 0.0581. The highest BCUT2D eigenvalue weighted by Crippen LogP contribution is 2.30. The van der Waals surface area contributed by atoms with E-state index in [0.29, 0.717) is 6.54 Å². The molecule has 1 fully saturated rings. The summed E-state index contributed by atoms with van der Waals surface area (Å²) in [5.41, 5.74) is 9.35. The van der Waals surface area contributed by atoms with Crippen LogP contribution >= 0.6 is 0 Å². The topological polar surface area (TPSA) is 73.4 Å². The van der Waals surface area contributed by atoms with Crippen LogP contribution in [0.25, 0.3) is 11.1 Å². The number of ether oxygens (including phenoxy) is 1. The summed E-state index contributed by atoms with van der Waals surface area (Å²) in [6.45, 7) is 9.27. The Morgan fingerprint density at radius 2 is 2.11 bits per heavy atom. The fourth-order valence-corrected chi connectivity index (χ4v) is 3.71. The minimum Gasteiger partial charge on any atom is -0.444 e. The lowest BCUT2D eigenvalue weighted by atomic mass is 9.90. The summed E-state index contributed by atoms with van der Waals surface area (Å²) in [5.74, 6) is 0. The molecule has 3 rings (SSSR count). The van der Waals surface area contributed by atoms with E-state index in [0.717, 1.165) is 42.5 Å². The van der Waals surface area contributed by atoms with E-state index in [1.807, 2.05) is 54.9 Å². The molecule has 0 bridgehead atoms. The normalized spacial score (nSPS) is 18.8. The van der Waals surface area contributed by atoms with Crippen molar-refractivity contribution in [3.05, 3.63) is 42.2 Å². The Labute approximate surface area is 167 Å². The maximum atomic E-state index is 12.7. The van der Waals surface area contributed by atoms with Crippen LogP contribution in [0.5, 0.6) is 0 Å². The van der Waals surface area contributed by atoms with E-state index in [4.69, 9.17) is 10.5 Å². The van der Waals surface area contributed by atoms with Crippen LogP contribution in [0.2, 0.25) is 0 Å². The van der Waals surface area contributed by atoms with Crippen molar-refractivity contribution >= 4 is 6.09 Å². The van der Waals surface area contributed by atoms with Gasteiger partial charge in [0.05, 0.1) is 18.3 Å². The number of hydrogen-bond donors (Lipinski definition) is 1. The van der Waals surface area contributed by atoms with E-state index in [1.165, 1.54) is 0 Å². The van der Waals surface area contributed by atoms with Crippen molar-refractivity contribution in [2.24, 2.45) is 5.73 Å².